The summed E-state index contributed by atoms with van der Waals surface area (Å²) >= 11 is 2.99. The minimum atomic E-state index is -0.302. The molecule has 0 radical (unpaired) electrons. The molecule has 0 aliphatic heterocycles. The summed E-state index contributed by atoms with van der Waals surface area (Å²) in [6, 6.07) is 1.90. The van der Waals surface area contributed by atoms with E-state index in [-0.39, 0.29) is 11.5 Å². The predicted molar refractivity (Wildman–Crippen MR) is 78.8 cm³/mol. The van der Waals surface area contributed by atoms with Crippen LogP contribution in [0.5, 0.6) is 0 Å². The minimum absolute atomic E-state index is 0.0987. The number of thioether (sulfide) groups is 1. The van der Waals surface area contributed by atoms with Crippen LogP contribution in [-0.2, 0) is 11.2 Å². The van der Waals surface area contributed by atoms with E-state index in [1.54, 1.807) is 11.3 Å². The van der Waals surface area contributed by atoms with Gasteiger partial charge in [-0.05, 0) is 18.9 Å². The van der Waals surface area contributed by atoms with Crippen molar-refractivity contribution < 1.29 is 4.79 Å². The number of nitrogens with one attached hydrogen (secondary N) is 1. The molecule has 0 atom stereocenters. The number of rotatable bonds is 6. The summed E-state index contributed by atoms with van der Waals surface area (Å²) < 4.78 is 0. The van der Waals surface area contributed by atoms with Gasteiger partial charge < -0.3 is 10.7 Å². The highest BCUT2D eigenvalue weighted by Gasteiger charge is 2.08. The summed E-state index contributed by atoms with van der Waals surface area (Å²) in [5.41, 5.74) is 4.97. The quantitative estimate of drug-likeness (QED) is 0.484. The maximum absolute atomic E-state index is 11.9. The van der Waals surface area contributed by atoms with Gasteiger partial charge in [0.2, 0.25) is 5.91 Å². The van der Waals surface area contributed by atoms with E-state index in [2.05, 4.69) is 16.9 Å². The normalized spacial score (nSPS) is 11.0. The molecule has 0 fully saturated rings. The first-order chi connectivity index (χ1) is 9.10. The lowest BCUT2D eigenvalue weighted by Gasteiger charge is -1.99. The molecule has 0 aromatic carbocycles. The standard InChI is InChI=1S/C12H15N3O2S2/c1-2-7-6-8-10(17)14-12(15-11(8)19-7)18-5-3-4-9(13)16/h6H,2-5H2,1H3,(H2,13,16)(H,14,15,17). The molecule has 2 heterocycles. The van der Waals surface area contributed by atoms with Crippen LogP contribution in [0, 0.1) is 0 Å². The number of hydrogen-bond acceptors (Lipinski definition) is 5. The maximum atomic E-state index is 11.9. The average molecular weight is 297 g/mol. The number of primary amides is 1. The molecule has 0 spiro atoms. The molecule has 0 bridgehead atoms. The van der Waals surface area contributed by atoms with Gasteiger partial charge >= 0.3 is 0 Å². The van der Waals surface area contributed by atoms with E-state index in [9.17, 15) is 9.59 Å². The number of H-pyrrole nitrogens is 1. The van der Waals surface area contributed by atoms with Gasteiger partial charge in [0.1, 0.15) is 4.83 Å². The number of nitrogens with zero attached hydrogens (tertiary/aromatic N) is 1. The topological polar surface area (TPSA) is 88.8 Å². The Hall–Kier alpha value is -1.34. The van der Waals surface area contributed by atoms with Gasteiger partial charge in [-0.1, -0.05) is 18.7 Å². The van der Waals surface area contributed by atoms with Crippen LogP contribution >= 0.6 is 23.1 Å². The van der Waals surface area contributed by atoms with E-state index in [0.717, 1.165) is 16.1 Å². The predicted octanol–water partition coefficient (Wildman–Crippen LogP) is 1.90. The monoisotopic (exact) mass is 297 g/mol. The first-order valence-corrected chi connectivity index (χ1v) is 7.84. The third kappa shape index (κ3) is 3.57. The molecule has 1 amide bonds. The number of aromatic amines is 1. The SMILES string of the molecule is CCc1cc2c(=O)[nH]c(SCCCC(N)=O)nc2s1. The van der Waals surface area contributed by atoms with Crippen molar-refractivity contribution in [1.82, 2.24) is 9.97 Å². The molecule has 19 heavy (non-hydrogen) atoms. The lowest BCUT2D eigenvalue weighted by Crippen LogP contribution is -2.10. The largest absolute Gasteiger partial charge is 0.370 e. The number of carbonyl (C=O) groups is 1. The number of nitrogens with two attached hydrogens (primary N) is 1. The number of aromatic nitrogens is 2. The van der Waals surface area contributed by atoms with Crippen molar-refractivity contribution in [3.8, 4) is 0 Å². The fraction of sp³-hybridized carbons (Fsp3) is 0.417. The van der Waals surface area contributed by atoms with Crippen LogP contribution in [-0.4, -0.2) is 21.6 Å². The first-order valence-electron chi connectivity index (χ1n) is 6.04. The van der Waals surface area contributed by atoms with E-state index in [0.29, 0.717) is 29.1 Å². The molecule has 102 valence electrons. The zero-order chi connectivity index (χ0) is 13.8. The molecule has 7 heteroatoms. The lowest BCUT2D eigenvalue weighted by molar-refractivity contribution is -0.118. The summed E-state index contributed by atoms with van der Waals surface area (Å²) in [5, 5.41) is 1.26. The molecule has 2 aromatic heterocycles. The van der Waals surface area contributed by atoms with Gasteiger partial charge in [0.05, 0.1) is 5.39 Å². The van der Waals surface area contributed by atoms with Gasteiger partial charge in [0.25, 0.3) is 5.56 Å². The molecule has 0 saturated heterocycles. The number of thiophene rings is 1. The van der Waals surface area contributed by atoms with Gasteiger partial charge in [0.15, 0.2) is 5.16 Å². The summed E-state index contributed by atoms with van der Waals surface area (Å²) in [4.78, 5) is 31.6. The van der Waals surface area contributed by atoms with Gasteiger partial charge in [-0.2, -0.15) is 0 Å². The molecule has 2 rings (SSSR count). The van der Waals surface area contributed by atoms with Crippen LogP contribution in [0.25, 0.3) is 10.2 Å². The maximum Gasteiger partial charge on any atom is 0.260 e. The van der Waals surface area contributed by atoms with Crippen LogP contribution in [0.15, 0.2) is 16.0 Å². The second-order valence-electron chi connectivity index (χ2n) is 4.07. The Labute approximate surface area is 118 Å². The van der Waals surface area contributed by atoms with Gasteiger partial charge in [-0.3, -0.25) is 9.59 Å². The van der Waals surface area contributed by atoms with Crippen LogP contribution < -0.4 is 11.3 Å². The second-order valence-corrected chi connectivity index (χ2v) is 6.27. The minimum Gasteiger partial charge on any atom is -0.370 e. The van der Waals surface area contributed by atoms with E-state index < -0.39 is 0 Å². The summed E-state index contributed by atoms with van der Waals surface area (Å²) in [5.74, 6) is 0.409. The van der Waals surface area contributed by atoms with Crippen LogP contribution in [0.1, 0.15) is 24.6 Å². The summed E-state index contributed by atoms with van der Waals surface area (Å²) in [7, 11) is 0. The van der Waals surface area contributed by atoms with Crippen molar-refractivity contribution in [2.45, 2.75) is 31.3 Å². The van der Waals surface area contributed by atoms with Crippen molar-refractivity contribution >= 4 is 39.2 Å². The number of hydrogen-bond donors (Lipinski definition) is 2. The fourth-order valence-corrected chi connectivity index (χ4v) is 3.45. The van der Waals surface area contributed by atoms with Crippen molar-refractivity contribution in [3.63, 3.8) is 0 Å². The molecule has 0 saturated carbocycles. The van der Waals surface area contributed by atoms with E-state index in [4.69, 9.17) is 5.73 Å². The Bertz CT molecular complexity index is 648. The third-order valence-corrected chi connectivity index (χ3v) is 4.72. The zero-order valence-corrected chi connectivity index (χ0v) is 12.2. The van der Waals surface area contributed by atoms with E-state index >= 15 is 0 Å². The summed E-state index contributed by atoms with van der Waals surface area (Å²) in [6.07, 6.45) is 1.95. The average Bonchev–Trinajstić information content (AvgIpc) is 2.78. The van der Waals surface area contributed by atoms with Gasteiger partial charge in [-0.25, -0.2) is 4.98 Å². The first kappa shape index (κ1) is 14.1. The molecule has 0 aliphatic carbocycles. The molecule has 3 N–H and O–H groups in total. The highest BCUT2D eigenvalue weighted by molar-refractivity contribution is 7.99. The Morgan fingerprint density at radius 2 is 2.37 bits per heavy atom. The number of amides is 1. The third-order valence-electron chi connectivity index (χ3n) is 2.59. The second kappa shape index (κ2) is 6.21. The molecule has 0 aliphatic rings. The number of aryl methyl sites for hydroxylation is 1. The molecular formula is C12H15N3O2S2. The van der Waals surface area contributed by atoms with Crippen molar-refractivity contribution in [2.75, 3.05) is 5.75 Å². The van der Waals surface area contributed by atoms with Crippen molar-refractivity contribution in [1.29, 1.82) is 0 Å². The van der Waals surface area contributed by atoms with Gasteiger partial charge in [0, 0.05) is 17.1 Å². The van der Waals surface area contributed by atoms with E-state index in [1.807, 2.05) is 6.07 Å². The summed E-state index contributed by atoms with van der Waals surface area (Å²) in [6.45, 7) is 2.05. The smallest absolute Gasteiger partial charge is 0.260 e. The van der Waals surface area contributed by atoms with Crippen LogP contribution in [0.2, 0.25) is 0 Å². The van der Waals surface area contributed by atoms with E-state index in [1.165, 1.54) is 11.8 Å². The molecule has 5 nitrogen and oxygen atoms in total. The molecule has 0 unspecified atom stereocenters. The van der Waals surface area contributed by atoms with Crippen molar-refractivity contribution in [2.24, 2.45) is 5.73 Å². The Balaban J connectivity index is 2.11. The van der Waals surface area contributed by atoms with Crippen molar-refractivity contribution in [3.05, 3.63) is 21.3 Å². The lowest BCUT2D eigenvalue weighted by atomic mass is 10.3. The van der Waals surface area contributed by atoms with Crippen LogP contribution in [0.3, 0.4) is 0 Å². The Morgan fingerprint density at radius 1 is 1.58 bits per heavy atom. The number of fused-ring (bicyclic) bond motifs is 1. The highest BCUT2D eigenvalue weighted by Crippen LogP contribution is 2.23. The van der Waals surface area contributed by atoms with Gasteiger partial charge in [-0.15, -0.1) is 11.3 Å². The molecule has 2 aromatic rings. The number of carbonyl (C=O) groups excluding carboxylic acids is 1. The van der Waals surface area contributed by atoms with Crippen LogP contribution in [0.4, 0.5) is 0 Å². The fourth-order valence-electron chi connectivity index (χ4n) is 1.62. The Kier molecular flexibility index (Phi) is 4.60. The molecular weight excluding hydrogens is 282 g/mol. The highest BCUT2D eigenvalue weighted by atomic mass is 32.2. The zero-order valence-electron chi connectivity index (χ0n) is 10.6. The Morgan fingerprint density at radius 3 is 3.05 bits per heavy atom.